The molecule has 2 aromatic carbocycles. The van der Waals surface area contributed by atoms with Gasteiger partial charge in [0.15, 0.2) is 5.82 Å². The zero-order chi connectivity index (χ0) is 17.8. The summed E-state index contributed by atoms with van der Waals surface area (Å²) in [6.45, 7) is 2.27. The van der Waals surface area contributed by atoms with Gasteiger partial charge < -0.3 is 15.5 Å². The van der Waals surface area contributed by atoms with Crippen molar-refractivity contribution < 1.29 is 0 Å². The molecule has 0 atom stereocenters. The lowest BCUT2D eigenvalue weighted by molar-refractivity contribution is 0.949. The highest BCUT2D eigenvalue weighted by Gasteiger charge is 2.12. The molecule has 2 N–H and O–H groups in total. The summed E-state index contributed by atoms with van der Waals surface area (Å²) < 4.78 is 0. The van der Waals surface area contributed by atoms with Crippen molar-refractivity contribution in [2.75, 3.05) is 28.6 Å². The summed E-state index contributed by atoms with van der Waals surface area (Å²) >= 11 is 6.01. The maximum absolute atomic E-state index is 6.01. The number of hydrogen-bond donors (Lipinski definition) is 2. The van der Waals surface area contributed by atoms with Gasteiger partial charge in [-0.05, 0) is 55.3 Å². The smallest absolute Gasteiger partial charge is 0.249 e. The lowest BCUT2D eigenvalue weighted by atomic mass is 10.2. The number of anilines is 5. The van der Waals surface area contributed by atoms with E-state index in [0.717, 1.165) is 24.5 Å². The van der Waals surface area contributed by atoms with Gasteiger partial charge in [-0.2, -0.15) is 10.1 Å². The maximum atomic E-state index is 6.01. The molecule has 0 radical (unpaired) electrons. The number of halogens is 1. The molecular weight excluding hydrogens is 348 g/mol. The van der Waals surface area contributed by atoms with Gasteiger partial charge in [-0.15, -0.1) is 5.10 Å². The average molecular weight is 367 g/mol. The van der Waals surface area contributed by atoms with Crippen LogP contribution in [0.2, 0.25) is 5.02 Å². The maximum Gasteiger partial charge on any atom is 0.249 e. The molecular formula is C19H19ClN6. The van der Waals surface area contributed by atoms with Gasteiger partial charge in [0, 0.05) is 35.2 Å². The molecule has 0 bridgehead atoms. The Morgan fingerprint density at radius 2 is 1.73 bits per heavy atom. The standard InChI is InChI=1S/C19H19ClN6/c20-14-4-3-5-16(12-14)22-18-13-21-25-19(24-18)23-15-6-8-17(9-7-15)26-10-1-2-11-26/h3-9,12-13H,1-2,10-11H2,(H2,22,23,24,25). The lowest BCUT2D eigenvalue weighted by Gasteiger charge is -2.17. The molecule has 1 aliphatic rings. The molecule has 1 aliphatic heterocycles. The topological polar surface area (TPSA) is 66.0 Å². The van der Waals surface area contributed by atoms with Gasteiger partial charge in [-0.3, -0.25) is 0 Å². The second kappa shape index (κ2) is 7.58. The highest BCUT2D eigenvalue weighted by atomic mass is 35.5. The summed E-state index contributed by atoms with van der Waals surface area (Å²) in [5, 5.41) is 15.1. The van der Waals surface area contributed by atoms with Crippen LogP contribution in [0.1, 0.15) is 12.8 Å². The van der Waals surface area contributed by atoms with E-state index in [4.69, 9.17) is 11.6 Å². The molecule has 132 valence electrons. The van der Waals surface area contributed by atoms with E-state index in [9.17, 15) is 0 Å². The normalized spacial score (nSPS) is 13.7. The van der Waals surface area contributed by atoms with Gasteiger partial charge in [0.25, 0.3) is 0 Å². The summed E-state index contributed by atoms with van der Waals surface area (Å²) in [6.07, 6.45) is 4.11. The summed E-state index contributed by atoms with van der Waals surface area (Å²) in [5.41, 5.74) is 3.03. The molecule has 0 unspecified atom stereocenters. The quantitative estimate of drug-likeness (QED) is 0.687. The molecule has 6 nitrogen and oxygen atoms in total. The average Bonchev–Trinajstić information content (AvgIpc) is 3.17. The fourth-order valence-electron chi connectivity index (χ4n) is 2.99. The molecule has 2 heterocycles. The van der Waals surface area contributed by atoms with Crippen LogP contribution in [-0.4, -0.2) is 28.3 Å². The van der Waals surface area contributed by atoms with Crippen LogP contribution >= 0.6 is 11.6 Å². The predicted molar refractivity (Wildman–Crippen MR) is 106 cm³/mol. The SMILES string of the molecule is Clc1cccc(Nc2cnnc(Nc3ccc(N4CCCC4)cc3)n2)c1. The van der Waals surface area contributed by atoms with Crippen LogP contribution in [0, 0.1) is 0 Å². The van der Waals surface area contributed by atoms with Crippen molar-refractivity contribution in [3.05, 3.63) is 59.8 Å². The Balaban J connectivity index is 1.45. The van der Waals surface area contributed by atoms with Gasteiger partial charge in [-0.25, -0.2) is 0 Å². The van der Waals surface area contributed by atoms with Crippen LogP contribution in [0.4, 0.5) is 28.8 Å². The number of benzene rings is 2. The van der Waals surface area contributed by atoms with Crippen molar-refractivity contribution in [3.63, 3.8) is 0 Å². The van der Waals surface area contributed by atoms with Gasteiger partial charge >= 0.3 is 0 Å². The van der Waals surface area contributed by atoms with Gasteiger partial charge in [-0.1, -0.05) is 17.7 Å². The van der Waals surface area contributed by atoms with Gasteiger partial charge in [0.2, 0.25) is 5.95 Å². The van der Waals surface area contributed by atoms with E-state index in [0.29, 0.717) is 16.8 Å². The first-order chi connectivity index (χ1) is 12.8. The van der Waals surface area contributed by atoms with Crippen molar-refractivity contribution in [1.29, 1.82) is 0 Å². The third kappa shape index (κ3) is 4.03. The van der Waals surface area contributed by atoms with E-state index < -0.39 is 0 Å². The van der Waals surface area contributed by atoms with Crippen molar-refractivity contribution in [1.82, 2.24) is 15.2 Å². The molecule has 7 heteroatoms. The minimum atomic E-state index is 0.436. The highest BCUT2D eigenvalue weighted by molar-refractivity contribution is 6.30. The number of nitrogens with zero attached hydrogens (tertiary/aromatic N) is 4. The fraction of sp³-hybridized carbons (Fsp3) is 0.211. The Labute approximate surface area is 157 Å². The van der Waals surface area contributed by atoms with E-state index in [1.165, 1.54) is 18.5 Å². The number of nitrogens with one attached hydrogen (secondary N) is 2. The van der Waals surface area contributed by atoms with Crippen LogP contribution < -0.4 is 15.5 Å². The second-order valence-electron chi connectivity index (χ2n) is 6.17. The van der Waals surface area contributed by atoms with E-state index in [2.05, 4.69) is 42.8 Å². The first-order valence-corrected chi connectivity index (χ1v) is 8.98. The van der Waals surface area contributed by atoms with Crippen LogP contribution in [0.25, 0.3) is 0 Å². The summed E-state index contributed by atoms with van der Waals surface area (Å²) in [4.78, 5) is 6.84. The molecule has 1 saturated heterocycles. The number of hydrogen-bond acceptors (Lipinski definition) is 6. The first kappa shape index (κ1) is 16.6. The molecule has 0 spiro atoms. The molecule has 1 fully saturated rings. The summed E-state index contributed by atoms with van der Waals surface area (Å²) in [5.74, 6) is 1.03. The molecule has 1 aromatic heterocycles. The van der Waals surface area contributed by atoms with E-state index in [-0.39, 0.29) is 0 Å². The highest BCUT2D eigenvalue weighted by Crippen LogP contribution is 2.23. The van der Waals surface area contributed by atoms with Gasteiger partial charge in [0.1, 0.15) is 0 Å². The van der Waals surface area contributed by atoms with Gasteiger partial charge in [0.05, 0.1) is 6.20 Å². The third-order valence-corrected chi connectivity index (χ3v) is 4.49. The van der Waals surface area contributed by atoms with E-state index >= 15 is 0 Å². The van der Waals surface area contributed by atoms with Crippen molar-refractivity contribution in [2.24, 2.45) is 0 Å². The molecule has 0 aliphatic carbocycles. The Morgan fingerprint density at radius 1 is 0.923 bits per heavy atom. The Bertz CT molecular complexity index is 877. The molecule has 0 amide bonds. The lowest BCUT2D eigenvalue weighted by Crippen LogP contribution is -2.17. The van der Waals surface area contributed by atoms with Crippen molar-refractivity contribution >= 4 is 40.4 Å². The number of aromatic nitrogens is 3. The molecule has 26 heavy (non-hydrogen) atoms. The van der Waals surface area contributed by atoms with Crippen LogP contribution in [0.5, 0.6) is 0 Å². The minimum absolute atomic E-state index is 0.436. The van der Waals surface area contributed by atoms with Crippen molar-refractivity contribution in [3.8, 4) is 0 Å². The fourth-order valence-corrected chi connectivity index (χ4v) is 3.18. The summed E-state index contributed by atoms with van der Waals surface area (Å²) in [6, 6.07) is 15.8. The first-order valence-electron chi connectivity index (χ1n) is 8.61. The van der Waals surface area contributed by atoms with Crippen LogP contribution in [-0.2, 0) is 0 Å². The molecule has 4 rings (SSSR count). The Morgan fingerprint density at radius 3 is 2.50 bits per heavy atom. The second-order valence-corrected chi connectivity index (χ2v) is 6.60. The van der Waals surface area contributed by atoms with Crippen LogP contribution in [0.15, 0.2) is 54.7 Å². The number of rotatable bonds is 5. The molecule has 0 saturated carbocycles. The Hall–Kier alpha value is -2.86. The Kier molecular flexibility index (Phi) is 4.84. The third-order valence-electron chi connectivity index (χ3n) is 4.25. The monoisotopic (exact) mass is 366 g/mol. The van der Waals surface area contributed by atoms with E-state index in [1.54, 1.807) is 6.20 Å². The minimum Gasteiger partial charge on any atom is -0.372 e. The zero-order valence-corrected chi connectivity index (χ0v) is 14.9. The van der Waals surface area contributed by atoms with E-state index in [1.807, 2.05) is 36.4 Å². The summed E-state index contributed by atoms with van der Waals surface area (Å²) in [7, 11) is 0. The zero-order valence-electron chi connectivity index (χ0n) is 14.2. The molecule has 3 aromatic rings. The largest absolute Gasteiger partial charge is 0.372 e. The predicted octanol–water partition coefficient (Wildman–Crippen LogP) is 4.61. The van der Waals surface area contributed by atoms with Crippen molar-refractivity contribution in [2.45, 2.75) is 12.8 Å². The van der Waals surface area contributed by atoms with Crippen LogP contribution in [0.3, 0.4) is 0 Å².